The van der Waals surface area contributed by atoms with E-state index >= 15 is 0 Å². The van der Waals surface area contributed by atoms with Gasteiger partial charge in [-0.15, -0.1) is 0 Å². The Bertz CT molecular complexity index is 433. The molecule has 5 nitrogen and oxygen atoms in total. The molecule has 5 heteroatoms. The Morgan fingerprint density at radius 2 is 2.11 bits per heavy atom. The van der Waals surface area contributed by atoms with Gasteiger partial charge < -0.3 is 14.9 Å². The van der Waals surface area contributed by atoms with Gasteiger partial charge in [0.25, 0.3) is 0 Å². The molecule has 0 aliphatic heterocycles. The molecule has 0 aliphatic rings. The van der Waals surface area contributed by atoms with E-state index in [0.717, 1.165) is 6.42 Å². The van der Waals surface area contributed by atoms with Crippen LogP contribution in [0.15, 0.2) is 18.2 Å². The van der Waals surface area contributed by atoms with Crippen molar-refractivity contribution in [3.05, 3.63) is 23.8 Å². The second kappa shape index (κ2) is 6.99. The molecule has 0 aromatic heterocycles. The molecule has 2 unspecified atom stereocenters. The highest BCUT2D eigenvalue weighted by Crippen LogP contribution is 2.34. The van der Waals surface area contributed by atoms with Crippen LogP contribution < -0.4 is 10.1 Å². The van der Waals surface area contributed by atoms with Gasteiger partial charge in [-0.05, 0) is 26.3 Å². The smallest absolute Gasteiger partial charge is 0.325 e. The topological polar surface area (TPSA) is 78.8 Å². The molecule has 1 aromatic rings. The number of benzene rings is 1. The predicted molar refractivity (Wildman–Crippen MR) is 72.5 cm³/mol. The lowest BCUT2D eigenvalue weighted by molar-refractivity contribution is -0.139. The minimum atomic E-state index is -1.02. The molecule has 1 aromatic carbocycles. The molecule has 0 spiro atoms. The number of carboxylic acids is 1. The summed E-state index contributed by atoms with van der Waals surface area (Å²) in [4.78, 5) is 11.4. The number of phenols is 1. The summed E-state index contributed by atoms with van der Waals surface area (Å²) in [6.45, 7) is 6.08. The van der Waals surface area contributed by atoms with E-state index in [1.807, 2.05) is 13.8 Å². The Kier molecular flexibility index (Phi) is 5.63. The van der Waals surface area contributed by atoms with E-state index in [1.54, 1.807) is 25.1 Å². The van der Waals surface area contributed by atoms with Crippen molar-refractivity contribution < 1.29 is 19.7 Å². The fourth-order valence-electron chi connectivity index (χ4n) is 1.74. The molecule has 2 atom stereocenters. The third-order valence-electron chi connectivity index (χ3n) is 2.95. The Morgan fingerprint density at radius 1 is 1.42 bits per heavy atom. The van der Waals surface area contributed by atoms with Crippen molar-refractivity contribution >= 4 is 5.97 Å². The van der Waals surface area contributed by atoms with Crippen LogP contribution in [0.25, 0.3) is 0 Å². The van der Waals surface area contributed by atoms with Crippen molar-refractivity contribution in [3.8, 4) is 11.5 Å². The van der Waals surface area contributed by atoms with Crippen LogP contribution >= 0.6 is 0 Å². The van der Waals surface area contributed by atoms with Gasteiger partial charge in [0.15, 0.2) is 11.5 Å². The van der Waals surface area contributed by atoms with Gasteiger partial charge in [0.1, 0.15) is 6.04 Å². The number of rotatable bonds is 7. The number of phenolic OH excluding ortho intramolecular Hbond substituents is 1. The first-order chi connectivity index (χ1) is 9.01. The number of ether oxygens (including phenoxy) is 1. The van der Waals surface area contributed by atoms with Crippen LogP contribution in [0.3, 0.4) is 0 Å². The van der Waals surface area contributed by atoms with Crippen molar-refractivity contribution in [1.82, 2.24) is 5.32 Å². The summed E-state index contributed by atoms with van der Waals surface area (Å²) >= 11 is 0. The molecule has 0 saturated carbocycles. The number of carboxylic acid groups (broad SMARTS) is 1. The van der Waals surface area contributed by atoms with E-state index < -0.39 is 12.0 Å². The number of hydrogen-bond donors (Lipinski definition) is 3. The normalized spacial score (nSPS) is 13.8. The molecule has 0 fully saturated rings. The number of aromatic hydroxyl groups is 1. The SMILES string of the molecule is CCOc1cccc(C(NC(C)CC)C(=O)O)c1O. The molecular formula is C14H21NO4. The van der Waals surface area contributed by atoms with E-state index in [4.69, 9.17) is 4.74 Å². The molecule has 0 aliphatic carbocycles. The Hall–Kier alpha value is -1.75. The monoisotopic (exact) mass is 267 g/mol. The molecule has 19 heavy (non-hydrogen) atoms. The lowest BCUT2D eigenvalue weighted by Crippen LogP contribution is -2.35. The fourth-order valence-corrected chi connectivity index (χ4v) is 1.74. The second-order valence-electron chi connectivity index (χ2n) is 4.37. The molecule has 3 N–H and O–H groups in total. The molecule has 0 radical (unpaired) electrons. The first-order valence-corrected chi connectivity index (χ1v) is 6.44. The van der Waals surface area contributed by atoms with Crippen LogP contribution in [0.5, 0.6) is 11.5 Å². The van der Waals surface area contributed by atoms with Gasteiger partial charge >= 0.3 is 5.97 Å². The molecule has 0 amide bonds. The second-order valence-corrected chi connectivity index (χ2v) is 4.37. The summed E-state index contributed by atoms with van der Waals surface area (Å²) in [5.74, 6) is -0.839. The zero-order valence-corrected chi connectivity index (χ0v) is 11.5. The summed E-state index contributed by atoms with van der Waals surface area (Å²) in [6, 6.07) is 3.97. The minimum absolute atomic E-state index is 0.0382. The lowest BCUT2D eigenvalue weighted by atomic mass is 10.0. The maximum atomic E-state index is 11.4. The van der Waals surface area contributed by atoms with Gasteiger partial charge in [-0.2, -0.15) is 0 Å². The van der Waals surface area contributed by atoms with E-state index in [-0.39, 0.29) is 11.8 Å². The first-order valence-electron chi connectivity index (χ1n) is 6.44. The van der Waals surface area contributed by atoms with E-state index in [0.29, 0.717) is 17.9 Å². The third kappa shape index (κ3) is 3.86. The van der Waals surface area contributed by atoms with E-state index in [1.165, 1.54) is 0 Å². The third-order valence-corrected chi connectivity index (χ3v) is 2.95. The quantitative estimate of drug-likeness (QED) is 0.706. The average Bonchev–Trinajstić information content (AvgIpc) is 2.38. The molecular weight excluding hydrogens is 246 g/mol. The van der Waals surface area contributed by atoms with Crippen LogP contribution in [0.1, 0.15) is 38.8 Å². The van der Waals surface area contributed by atoms with Crippen LogP contribution in [0.4, 0.5) is 0 Å². The Balaban J connectivity index is 3.09. The Morgan fingerprint density at radius 3 is 2.63 bits per heavy atom. The summed E-state index contributed by atoms with van der Waals surface area (Å²) in [5.41, 5.74) is 0.318. The van der Waals surface area contributed by atoms with Crippen LogP contribution in [-0.4, -0.2) is 28.8 Å². The van der Waals surface area contributed by atoms with Crippen molar-refractivity contribution in [2.45, 2.75) is 39.3 Å². The van der Waals surface area contributed by atoms with E-state index in [9.17, 15) is 15.0 Å². The maximum Gasteiger partial charge on any atom is 0.325 e. The predicted octanol–water partition coefficient (Wildman–Crippen LogP) is 2.30. The zero-order chi connectivity index (χ0) is 14.4. The average molecular weight is 267 g/mol. The van der Waals surface area contributed by atoms with Gasteiger partial charge in [-0.1, -0.05) is 19.1 Å². The number of para-hydroxylation sites is 1. The van der Waals surface area contributed by atoms with E-state index in [2.05, 4.69) is 5.32 Å². The van der Waals surface area contributed by atoms with Gasteiger partial charge in [-0.3, -0.25) is 10.1 Å². The van der Waals surface area contributed by atoms with Crippen molar-refractivity contribution in [3.63, 3.8) is 0 Å². The minimum Gasteiger partial charge on any atom is -0.504 e. The summed E-state index contributed by atoms with van der Waals surface area (Å²) in [5, 5.41) is 22.4. The molecule has 0 bridgehead atoms. The highest BCUT2D eigenvalue weighted by Gasteiger charge is 2.25. The molecule has 0 saturated heterocycles. The fraction of sp³-hybridized carbons (Fsp3) is 0.500. The molecule has 106 valence electrons. The van der Waals surface area contributed by atoms with Gasteiger partial charge in [0.05, 0.1) is 6.61 Å². The largest absolute Gasteiger partial charge is 0.504 e. The number of hydrogen-bond acceptors (Lipinski definition) is 4. The highest BCUT2D eigenvalue weighted by atomic mass is 16.5. The van der Waals surface area contributed by atoms with Gasteiger partial charge in [0.2, 0.25) is 0 Å². The Labute approximate surface area is 113 Å². The van der Waals surface area contributed by atoms with Crippen molar-refractivity contribution in [2.24, 2.45) is 0 Å². The summed E-state index contributed by atoms with van der Waals surface area (Å²) < 4.78 is 5.27. The van der Waals surface area contributed by atoms with Gasteiger partial charge in [0, 0.05) is 11.6 Å². The molecule has 1 rings (SSSR count). The van der Waals surface area contributed by atoms with Crippen molar-refractivity contribution in [1.29, 1.82) is 0 Å². The zero-order valence-electron chi connectivity index (χ0n) is 11.5. The van der Waals surface area contributed by atoms with Crippen LogP contribution in [0, 0.1) is 0 Å². The first kappa shape index (κ1) is 15.3. The summed E-state index contributed by atoms with van der Waals surface area (Å²) in [7, 11) is 0. The van der Waals surface area contributed by atoms with Crippen LogP contribution in [0.2, 0.25) is 0 Å². The number of aliphatic carboxylic acids is 1. The van der Waals surface area contributed by atoms with Gasteiger partial charge in [-0.25, -0.2) is 0 Å². The van der Waals surface area contributed by atoms with Crippen molar-refractivity contribution in [2.75, 3.05) is 6.61 Å². The highest BCUT2D eigenvalue weighted by molar-refractivity contribution is 5.77. The standard InChI is InChI=1S/C14H21NO4/c1-4-9(3)15-12(14(17)18)10-7-6-8-11(13(10)16)19-5-2/h6-9,12,15-16H,4-5H2,1-3H3,(H,17,18). The molecule has 0 heterocycles. The summed E-state index contributed by atoms with van der Waals surface area (Å²) in [6.07, 6.45) is 0.801. The maximum absolute atomic E-state index is 11.4. The van der Waals surface area contributed by atoms with Crippen LogP contribution in [-0.2, 0) is 4.79 Å². The lowest BCUT2D eigenvalue weighted by Gasteiger charge is -2.21. The number of nitrogens with one attached hydrogen (secondary N) is 1. The number of carbonyl (C=O) groups is 1.